The summed E-state index contributed by atoms with van der Waals surface area (Å²) in [5.41, 5.74) is 2.70. The van der Waals surface area contributed by atoms with E-state index in [0.717, 1.165) is 42.5 Å². The zero-order valence-corrected chi connectivity index (χ0v) is 18.2. The standard InChI is InChI=1S/C26H31N3O2/c1-3-11-28-25(31)26(10-5-14-29(18-26)24(30)23-15-19(23)2)17-20-6-4-7-22(16-20)21-8-12-27-13-9-21/h3-4,6-9,12-13,16,19,23H,1,5,10-11,14-15,17-18H2,2H3,(H,28,31)/t19-,23+,26+/m1/s1. The average Bonchev–Trinajstić information content (AvgIpc) is 3.54. The van der Waals surface area contributed by atoms with E-state index in [2.05, 4.69) is 42.0 Å². The Morgan fingerprint density at radius 3 is 2.74 bits per heavy atom. The molecule has 1 saturated heterocycles. The lowest BCUT2D eigenvalue weighted by Crippen LogP contribution is -2.54. The predicted molar refractivity (Wildman–Crippen MR) is 122 cm³/mol. The van der Waals surface area contributed by atoms with Gasteiger partial charge in [-0.15, -0.1) is 6.58 Å². The van der Waals surface area contributed by atoms with E-state index >= 15 is 0 Å². The number of pyridine rings is 1. The van der Waals surface area contributed by atoms with E-state index in [-0.39, 0.29) is 17.7 Å². The first-order valence-electron chi connectivity index (χ1n) is 11.2. The van der Waals surface area contributed by atoms with Gasteiger partial charge in [-0.1, -0.05) is 37.3 Å². The number of rotatable bonds is 7. The van der Waals surface area contributed by atoms with Crippen molar-refractivity contribution in [1.29, 1.82) is 0 Å². The van der Waals surface area contributed by atoms with Crippen molar-refractivity contribution in [3.8, 4) is 11.1 Å². The molecule has 2 fully saturated rings. The van der Waals surface area contributed by atoms with E-state index in [9.17, 15) is 9.59 Å². The minimum Gasteiger partial charge on any atom is -0.352 e. The number of amides is 2. The van der Waals surface area contributed by atoms with E-state index < -0.39 is 5.41 Å². The second-order valence-corrected chi connectivity index (χ2v) is 9.07. The number of carbonyl (C=O) groups is 2. The molecule has 0 radical (unpaired) electrons. The minimum absolute atomic E-state index is 0.0167. The van der Waals surface area contributed by atoms with Crippen LogP contribution in [0.2, 0.25) is 0 Å². The lowest BCUT2D eigenvalue weighted by molar-refractivity contribution is -0.142. The zero-order chi connectivity index (χ0) is 21.8. The van der Waals surface area contributed by atoms with Crippen LogP contribution >= 0.6 is 0 Å². The number of nitrogens with one attached hydrogen (secondary N) is 1. The Balaban J connectivity index is 1.60. The first-order valence-corrected chi connectivity index (χ1v) is 11.2. The number of aromatic nitrogens is 1. The number of carbonyl (C=O) groups excluding carboxylic acids is 2. The lowest BCUT2D eigenvalue weighted by atomic mass is 9.73. The molecule has 1 saturated carbocycles. The Labute approximate surface area is 184 Å². The fraction of sp³-hybridized carbons (Fsp3) is 0.423. The molecule has 0 bridgehead atoms. The molecule has 2 aromatic rings. The molecule has 2 heterocycles. The number of piperidine rings is 1. The van der Waals surface area contributed by atoms with Crippen LogP contribution < -0.4 is 5.32 Å². The van der Waals surface area contributed by atoms with Crippen LogP contribution in [0.5, 0.6) is 0 Å². The second-order valence-electron chi connectivity index (χ2n) is 9.07. The van der Waals surface area contributed by atoms with Crippen LogP contribution in [0.25, 0.3) is 11.1 Å². The SMILES string of the molecule is C=CCNC(=O)[C@]1(Cc2cccc(-c3ccncc3)c2)CCCN(C(=O)[C@H]2C[C@H]2C)C1. The summed E-state index contributed by atoms with van der Waals surface area (Å²) in [5.74, 6) is 0.846. The van der Waals surface area contributed by atoms with Crippen molar-refractivity contribution in [1.82, 2.24) is 15.2 Å². The zero-order valence-electron chi connectivity index (χ0n) is 18.2. The van der Waals surface area contributed by atoms with E-state index in [1.165, 1.54) is 0 Å². The lowest BCUT2D eigenvalue weighted by Gasteiger charge is -2.42. The van der Waals surface area contributed by atoms with Gasteiger partial charge >= 0.3 is 0 Å². The maximum Gasteiger partial charge on any atom is 0.228 e. The van der Waals surface area contributed by atoms with Gasteiger partial charge in [0.1, 0.15) is 0 Å². The molecular weight excluding hydrogens is 386 g/mol. The normalized spacial score (nSPS) is 25.0. The van der Waals surface area contributed by atoms with Gasteiger partial charge in [-0.3, -0.25) is 14.6 Å². The van der Waals surface area contributed by atoms with Crippen LogP contribution in [0.4, 0.5) is 0 Å². The van der Waals surface area contributed by atoms with Gasteiger partial charge in [0.15, 0.2) is 0 Å². The molecule has 1 aliphatic carbocycles. The van der Waals surface area contributed by atoms with Crippen molar-refractivity contribution in [2.24, 2.45) is 17.3 Å². The Hall–Kier alpha value is -2.95. The molecule has 1 aromatic carbocycles. The smallest absolute Gasteiger partial charge is 0.228 e. The Morgan fingerprint density at radius 2 is 2.03 bits per heavy atom. The summed E-state index contributed by atoms with van der Waals surface area (Å²) >= 11 is 0. The molecule has 0 spiro atoms. The predicted octanol–water partition coefficient (Wildman–Crippen LogP) is 3.86. The molecule has 2 aliphatic rings. The van der Waals surface area contributed by atoms with Crippen LogP contribution in [-0.4, -0.2) is 41.3 Å². The van der Waals surface area contributed by atoms with Crippen molar-refractivity contribution in [2.45, 2.75) is 32.6 Å². The summed E-state index contributed by atoms with van der Waals surface area (Å²) < 4.78 is 0. The van der Waals surface area contributed by atoms with Gasteiger partial charge in [0.2, 0.25) is 11.8 Å². The minimum atomic E-state index is -0.619. The summed E-state index contributed by atoms with van der Waals surface area (Å²) in [7, 11) is 0. The van der Waals surface area contributed by atoms with Crippen molar-refractivity contribution < 1.29 is 9.59 Å². The van der Waals surface area contributed by atoms with E-state index in [4.69, 9.17) is 0 Å². The number of nitrogens with zero attached hydrogens (tertiary/aromatic N) is 2. The van der Waals surface area contributed by atoms with Gasteiger partial charge < -0.3 is 10.2 Å². The quantitative estimate of drug-likeness (QED) is 0.696. The van der Waals surface area contributed by atoms with Gasteiger partial charge in [-0.05, 0) is 60.4 Å². The molecule has 31 heavy (non-hydrogen) atoms. The molecule has 0 unspecified atom stereocenters. The van der Waals surface area contributed by atoms with Crippen LogP contribution in [0.3, 0.4) is 0 Å². The highest BCUT2D eigenvalue weighted by Crippen LogP contribution is 2.42. The van der Waals surface area contributed by atoms with Crippen molar-refractivity contribution in [2.75, 3.05) is 19.6 Å². The molecule has 5 nitrogen and oxygen atoms in total. The molecule has 1 aromatic heterocycles. The van der Waals surface area contributed by atoms with E-state index in [0.29, 0.717) is 25.4 Å². The van der Waals surface area contributed by atoms with Gasteiger partial charge in [0.05, 0.1) is 5.41 Å². The largest absolute Gasteiger partial charge is 0.352 e. The third kappa shape index (κ3) is 4.71. The van der Waals surface area contributed by atoms with Crippen molar-refractivity contribution >= 4 is 11.8 Å². The molecule has 3 atom stereocenters. The second kappa shape index (κ2) is 9.04. The Bertz CT molecular complexity index is 958. The highest BCUT2D eigenvalue weighted by molar-refractivity contribution is 5.86. The topological polar surface area (TPSA) is 62.3 Å². The van der Waals surface area contributed by atoms with Gasteiger partial charge in [-0.2, -0.15) is 0 Å². The monoisotopic (exact) mass is 417 g/mol. The fourth-order valence-corrected chi connectivity index (χ4v) is 4.78. The summed E-state index contributed by atoms with van der Waals surface area (Å²) in [5, 5.41) is 3.02. The van der Waals surface area contributed by atoms with Gasteiger partial charge in [0, 0.05) is 37.9 Å². The number of hydrogen-bond donors (Lipinski definition) is 1. The van der Waals surface area contributed by atoms with Crippen LogP contribution in [0.15, 0.2) is 61.4 Å². The molecule has 162 valence electrons. The maximum absolute atomic E-state index is 13.4. The molecule has 1 aliphatic heterocycles. The van der Waals surface area contributed by atoms with Crippen LogP contribution in [-0.2, 0) is 16.0 Å². The van der Waals surface area contributed by atoms with Gasteiger partial charge in [0.25, 0.3) is 0 Å². The molecule has 5 heteroatoms. The molecule has 4 rings (SSSR count). The molecule has 1 N–H and O–H groups in total. The first-order chi connectivity index (χ1) is 15.0. The number of benzene rings is 1. The maximum atomic E-state index is 13.4. The fourth-order valence-electron chi connectivity index (χ4n) is 4.78. The van der Waals surface area contributed by atoms with Crippen molar-refractivity contribution in [3.05, 3.63) is 67.0 Å². The Morgan fingerprint density at radius 1 is 1.26 bits per heavy atom. The first kappa shape index (κ1) is 21.3. The Kier molecular flexibility index (Phi) is 6.21. The third-order valence-corrected chi connectivity index (χ3v) is 6.69. The summed E-state index contributed by atoms with van der Waals surface area (Å²) in [6.07, 6.45) is 8.48. The summed E-state index contributed by atoms with van der Waals surface area (Å²) in [4.78, 5) is 32.4. The van der Waals surface area contributed by atoms with E-state index in [1.54, 1.807) is 18.5 Å². The summed E-state index contributed by atoms with van der Waals surface area (Å²) in [6.45, 7) is 7.52. The summed E-state index contributed by atoms with van der Waals surface area (Å²) in [6, 6.07) is 12.3. The number of hydrogen-bond acceptors (Lipinski definition) is 3. The number of likely N-dealkylation sites (tertiary alicyclic amines) is 1. The molecular formula is C26H31N3O2. The highest BCUT2D eigenvalue weighted by atomic mass is 16.2. The third-order valence-electron chi connectivity index (χ3n) is 6.69. The molecule has 2 amide bonds. The van der Waals surface area contributed by atoms with Crippen molar-refractivity contribution in [3.63, 3.8) is 0 Å². The van der Waals surface area contributed by atoms with Crippen LogP contribution in [0.1, 0.15) is 31.7 Å². The van der Waals surface area contributed by atoms with Crippen LogP contribution in [0, 0.1) is 17.3 Å². The van der Waals surface area contributed by atoms with Gasteiger partial charge in [-0.25, -0.2) is 0 Å². The van der Waals surface area contributed by atoms with E-state index in [1.807, 2.05) is 23.1 Å². The highest BCUT2D eigenvalue weighted by Gasteiger charge is 2.47. The average molecular weight is 418 g/mol.